The Balaban J connectivity index is 1.26. The molecule has 5 heteroatoms. The van der Waals surface area contributed by atoms with E-state index in [1.165, 1.54) is 5.56 Å². The fraction of sp³-hybridized carbons (Fsp3) is 0.440. The highest BCUT2D eigenvalue weighted by Gasteiger charge is 2.59. The number of hydrogen-bond donors (Lipinski definition) is 2. The number of carboxylic acid groups (broad SMARTS) is 1. The Morgan fingerprint density at radius 2 is 1.53 bits per heavy atom. The number of rotatable bonds is 4. The molecular formula is C25H27NO4. The summed E-state index contributed by atoms with van der Waals surface area (Å²) in [5.41, 5.74) is 2.94. The number of carbonyl (C=O) groups excluding carboxylic acids is 1. The van der Waals surface area contributed by atoms with Crippen molar-refractivity contribution < 1.29 is 19.8 Å². The van der Waals surface area contributed by atoms with Crippen molar-refractivity contribution in [2.75, 3.05) is 6.54 Å². The average molecular weight is 405 g/mol. The summed E-state index contributed by atoms with van der Waals surface area (Å²) in [7, 11) is 0. The number of hydrogen-bond acceptors (Lipinski definition) is 3. The van der Waals surface area contributed by atoms with Crippen LogP contribution >= 0.6 is 0 Å². The van der Waals surface area contributed by atoms with Crippen LogP contribution in [0.25, 0.3) is 11.1 Å². The molecule has 0 bridgehead atoms. The number of carboxylic acids is 1. The summed E-state index contributed by atoms with van der Waals surface area (Å²) in [6, 6.07) is 15.7. The predicted octanol–water partition coefficient (Wildman–Crippen LogP) is 4.06. The lowest BCUT2D eigenvalue weighted by Crippen LogP contribution is -2.50. The van der Waals surface area contributed by atoms with E-state index in [0.717, 1.165) is 36.9 Å². The second-order valence-corrected chi connectivity index (χ2v) is 9.46. The lowest BCUT2D eigenvalue weighted by atomic mass is 9.84. The summed E-state index contributed by atoms with van der Waals surface area (Å²) in [6.07, 6.45) is 4.37. The number of piperidine rings is 1. The molecule has 156 valence electrons. The number of benzene rings is 2. The molecule has 1 unspecified atom stereocenters. The SMILES string of the molecule is C[C@@H]1CC2(CCN1C(=O)C1(O)CC1)C[C@H]2c1ccc(-c2ccc(C(=O)O)cc2)cc1. The summed E-state index contributed by atoms with van der Waals surface area (Å²) in [5, 5.41) is 19.2. The second kappa shape index (κ2) is 6.67. The van der Waals surface area contributed by atoms with Crippen LogP contribution in [0.4, 0.5) is 0 Å². The smallest absolute Gasteiger partial charge is 0.335 e. The zero-order valence-corrected chi connectivity index (χ0v) is 17.2. The number of likely N-dealkylation sites (tertiary alicyclic amines) is 1. The highest BCUT2D eigenvalue weighted by atomic mass is 16.4. The highest BCUT2D eigenvalue weighted by Crippen LogP contribution is 2.66. The Hall–Kier alpha value is -2.66. The van der Waals surface area contributed by atoms with Gasteiger partial charge < -0.3 is 15.1 Å². The fourth-order valence-corrected chi connectivity index (χ4v) is 5.30. The molecule has 0 aromatic heterocycles. The zero-order valence-electron chi connectivity index (χ0n) is 17.2. The van der Waals surface area contributed by atoms with Crippen molar-refractivity contribution in [2.45, 2.75) is 56.6 Å². The molecule has 2 aliphatic carbocycles. The van der Waals surface area contributed by atoms with Gasteiger partial charge in [-0.3, -0.25) is 4.79 Å². The molecule has 1 amide bonds. The normalized spacial score (nSPS) is 28.9. The lowest BCUT2D eigenvalue weighted by molar-refractivity contribution is -0.146. The molecule has 2 N–H and O–H groups in total. The minimum atomic E-state index is -1.07. The first-order valence-electron chi connectivity index (χ1n) is 10.8. The van der Waals surface area contributed by atoms with Crippen molar-refractivity contribution in [3.63, 3.8) is 0 Å². The van der Waals surface area contributed by atoms with Gasteiger partial charge in [0, 0.05) is 12.6 Å². The van der Waals surface area contributed by atoms with Crippen LogP contribution in [0.15, 0.2) is 48.5 Å². The molecule has 30 heavy (non-hydrogen) atoms. The van der Waals surface area contributed by atoms with E-state index in [1.54, 1.807) is 12.1 Å². The standard InChI is InChI=1S/C25H27NO4/c1-16-14-24(12-13-26(16)23(29)25(30)10-11-25)15-21(24)19-6-2-17(3-7-19)18-4-8-20(9-5-18)22(27)28/h2-9,16,21,30H,10-15H2,1H3,(H,27,28)/t16-,21+,24?/m1/s1. The van der Waals surface area contributed by atoms with Crippen LogP contribution in [-0.2, 0) is 4.79 Å². The largest absolute Gasteiger partial charge is 0.478 e. The van der Waals surface area contributed by atoms with Crippen molar-refractivity contribution in [3.05, 3.63) is 59.7 Å². The number of carbonyl (C=O) groups is 2. The van der Waals surface area contributed by atoms with E-state index in [-0.39, 0.29) is 17.4 Å². The van der Waals surface area contributed by atoms with Crippen LogP contribution in [0, 0.1) is 5.41 Å². The topological polar surface area (TPSA) is 77.8 Å². The Bertz CT molecular complexity index is 993. The van der Waals surface area contributed by atoms with Crippen LogP contribution in [0.2, 0.25) is 0 Å². The summed E-state index contributed by atoms with van der Waals surface area (Å²) >= 11 is 0. The van der Waals surface area contributed by atoms with Crippen LogP contribution in [0.1, 0.15) is 60.9 Å². The molecule has 3 fully saturated rings. The quantitative estimate of drug-likeness (QED) is 0.804. The summed E-state index contributed by atoms with van der Waals surface area (Å²) in [5.74, 6) is -0.450. The Morgan fingerprint density at radius 1 is 0.933 bits per heavy atom. The van der Waals surface area contributed by atoms with Crippen molar-refractivity contribution in [1.29, 1.82) is 0 Å². The molecule has 5 nitrogen and oxygen atoms in total. The van der Waals surface area contributed by atoms with E-state index in [9.17, 15) is 14.7 Å². The molecule has 1 spiro atoms. The second-order valence-electron chi connectivity index (χ2n) is 9.46. The van der Waals surface area contributed by atoms with Crippen LogP contribution in [-0.4, -0.2) is 45.2 Å². The number of amides is 1. The van der Waals surface area contributed by atoms with E-state index in [4.69, 9.17) is 5.11 Å². The van der Waals surface area contributed by atoms with Gasteiger partial charge in [-0.25, -0.2) is 4.79 Å². The van der Waals surface area contributed by atoms with Gasteiger partial charge in [-0.2, -0.15) is 0 Å². The molecule has 1 saturated heterocycles. The lowest BCUT2D eigenvalue weighted by Gasteiger charge is -2.40. The van der Waals surface area contributed by atoms with Crippen molar-refractivity contribution >= 4 is 11.9 Å². The zero-order chi connectivity index (χ0) is 21.1. The molecule has 0 radical (unpaired) electrons. The van der Waals surface area contributed by atoms with Gasteiger partial charge in [-0.05, 0) is 79.2 Å². The molecular weight excluding hydrogens is 378 g/mol. The van der Waals surface area contributed by atoms with Crippen molar-refractivity contribution in [1.82, 2.24) is 4.90 Å². The monoisotopic (exact) mass is 405 g/mol. The van der Waals surface area contributed by atoms with Crippen molar-refractivity contribution in [3.8, 4) is 11.1 Å². The average Bonchev–Trinajstić information content (AvgIpc) is 3.66. The molecule has 3 atom stereocenters. The van der Waals surface area contributed by atoms with Gasteiger partial charge in [0.1, 0.15) is 5.60 Å². The van der Waals surface area contributed by atoms with Gasteiger partial charge in [0.05, 0.1) is 5.56 Å². The maximum Gasteiger partial charge on any atom is 0.335 e. The Morgan fingerprint density at radius 3 is 2.07 bits per heavy atom. The first-order valence-corrected chi connectivity index (χ1v) is 10.8. The minimum Gasteiger partial charge on any atom is -0.478 e. The summed E-state index contributed by atoms with van der Waals surface area (Å²) < 4.78 is 0. The van der Waals surface area contributed by atoms with Crippen molar-refractivity contribution in [2.24, 2.45) is 5.41 Å². The maximum atomic E-state index is 12.5. The molecule has 1 heterocycles. The molecule has 2 saturated carbocycles. The predicted molar refractivity (Wildman–Crippen MR) is 113 cm³/mol. The molecule has 3 aliphatic rings. The van der Waals surface area contributed by atoms with Crippen LogP contribution in [0.5, 0.6) is 0 Å². The third-order valence-corrected chi connectivity index (χ3v) is 7.44. The first-order chi connectivity index (χ1) is 14.3. The maximum absolute atomic E-state index is 12.5. The van der Waals surface area contributed by atoms with Gasteiger partial charge >= 0.3 is 5.97 Å². The van der Waals surface area contributed by atoms with E-state index in [2.05, 4.69) is 31.2 Å². The molecule has 5 rings (SSSR count). The third kappa shape index (κ3) is 3.21. The van der Waals surface area contributed by atoms with E-state index < -0.39 is 11.6 Å². The molecule has 2 aromatic rings. The number of aromatic carboxylic acids is 1. The van der Waals surface area contributed by atoms with Gasteiger partial charge in [0.25, 0.3) is 5.91 Å². The number of nitrogens with zero attached hydrogens (tertiary/aromatic N) is 1. The Labute approximate surface area is 176 Å². The number of aliphatic hydroxyl groups is 1. The summed E-state index contributed by atoms with van der Waals surface area (Å²) in [4.78, 5) is 25.5. The van der Waals surface area contributed by atoms with Crippen LogP contribution in [0.3, 0.4) is 0 Å². The highest BCUT2D eigenvalue weighted by molar-refractivity contribution is 5.88. The van der Waals surface area contributed by atoms with Gasteiger partial charge in [-0.15, -0.1) is 0 Å². The molecule has 1 aliphatic heterocycles. The summed E-state index contributed by atoms with van der Waals surface area (Å²) in [6.45, 7) is 2.86. The first kappa shape index (κ1) is 19.3. The minimum absolute atomic E-state index is 0.0691. The molecule has 2 aromatic carbocycles. The van der Waals surface area contributed by atoms with Gasteiger partial charge in [0.15, 0.2) is 0 Å². The van der Waals surface area contributed by atoms with Gasteiger partial charge in [0.2, 0.25) is 0 Å². The van der Waals surface area contributed by atoms with E-state index in [0.29, 0.717) is 24.3 Å². The Kier molecular flexibility index (Phi) is 4.30. The van der Waals surface area contributed by atoms with Crippen LogP contribution < -0.4 is 0 Å². The fourth-order valence-electron chi connectivity index (χ4n) is 5.30. The van der Waals surface area contributed by atoms with E-state index in [1.807, 2.05) is 17.0 Å². The van der Waals surface area contributed by atoms with Gasteiger partial charge in [-0.1, -0.05) is 36.4 Å². The van der Waals surface area contributed by atoms with E-state index >= 15 is 0 Å². The third-order valence-electron chi connectivity index (χ3n) is 7.44.